The second kappa shape index (κ2) is 9.62. The van der Waals surface area contributed by atoms with Crippen molar-refractivity contribution in [3.05, 3.63) is 59.7 Å². The normalized spacial score (nSPS) is 10.1. The van der Waals surface area contributed by atoms with Crippen LogP contribution in [0.25, 0.3) is 0 Å². The summed E-state index contributed by atoms with van der Waals surface area (Å²) in [6, 6.07) is 14.2. The van der Waals surface area contributed by atoms with Crippen molar-refractivity contribution in [2.24, 2.45) is 0 Å². The van der Waals surface area contributed by atoms with E-state index in [1.54, 1.807) is 18.2 Å². The van der Waals surface area contributed by atoms with Crippen LogP contribution in [0.4, 0.5) is 0 Å². The van der Waals surface area contributed by atoms with Gasteiger partial charge in [0, 0.05) is 4.90 Å². The molecular formula is C19H19NO5S. The fourth-order valence-electron chi connectivity index (χ4n) is 2.11. The topological polar surface area (TPSA) is 81.7 Å². The number of carbonyl (C=O) groups is 3. The Balaban J connectivity index is 1.78. The molecular weight excluding hydrogens is 354 g/mol. The Labute approximate surface area is 155 Å². The SMILES string of the molecule is COc1ccccc1C(=O)NC(=O)COC(=O)CSc1ccccc1C. The third kappa shape index (κ3) is 5.63. The molecule has 0 saturated carbocycles. The minimum atomic E-state index is -0.699. The molecule has 2 amide bonds. The van der Waals surface area contributed by atoms with E-state index >= 15 is 0 Å². The lowest BCUT2D eigenvalue weighted by molar-refractivity contribution is -0.145. The quantitative estimate of drug-likeness (QED) is 0.593. The minimum absolute atomic E-state index is 0.0819. The lowest BCUT2D eigenvalue weighted by Gasteiger charge is -2.09. The fourth-order valence-corrected chi connectivity index (χ4v) is 2.93. The van der Waals surface area contributed by atoms with Crippen molar-refractivity contribution in [1.82, 2.24) is 5.32 Å². The third-order valence-corrected chi connectivity index (χ3v) is 4.56. The van der Waals surface area contributed by atoms with E-state index in [9.17, 15) is 14.4 Å². The number of para-hydroxylation sites is 1. The molecule has 2 rings (SSSR count). The smallest absolute Gasteiger partial charge is 0.316 e. The maximum Gasteiger partial charge on any atom is 0.316 e. The van der Waals surface area contributed by atoms with Crippen molar-refractivity contribution in [2.45, 2.75) is 11.8 Å². The van der Waals surface area contributed by atoms with E-state index in [1.165, 1.54) is 24.9 Å². The molecule has 2 aromatic rings. The van der Waals surface area contributed by atoms with Gasteiger partial charge in [0.15, 0.2) is 6.61 Å². The molecule has 0 aliphatic carbocycles. The molecule has 1 N–H and O–H groups in total. The molecule has 0 radical (unpaired) electrons. The van der Waals surface area contributed by atoms with E-state index in [0.717, 1.165) is 10.5 Å². The van der Waals surface area contributed by atoms with Crippen LogP contribution in [-0.2, 0) is 14.3 Å². The highest BCUT2D eigenvalue weighted by Crippen LogP contribution is 2.21. The predicted molar refractivity (Wildman–Crippen MR) is 98.3 cm³/mol. The number of carbonyl (C=O) groups excluding carboxylic acids is 3. The molecule has 2 aromatic carbocycles. The monoisotopic (exact) mass is 373 g/mol. The van der Waals surface area contributed by atoms with Gasteiger partial charge >= 0.3 is 5.97 Å². The maximum atomic E-state index is 12.1. The molecule has 26 heavy (non-hydrogen) atoms. The first-order valence-electron chi connectivity index (χ1n) is 7.82. The van der Waals surface area contributed by atoms with Crippen LogP contribution in [0.1, 0.15) is 15.9 Å². The van der Waals surface area contributed by atoms with Crippen LogP contribution in [0.15, 0.2) is 53.4 Å². The molecule has 7 heteroatoms. The number of aryl methyl sites for hydroxylation is 1. The van der Waals surface area contributed by atoms with Crippen LogP contribution in [-0.4, -0.2) is 37.3 Å². The summed E-state index contributed by atoms with van der Waals surface area (Å²) < 4.78 is 9.97. The first-order valence-corrected chi connectivity index (χ1v) is 8.81. The first-order chi connectivity index (χ1) is 12.5. The molecule has 0 aliphatic heterocycles. The summed E-state index contributed by atoms with van der Waals surface area (Å²) in [5.74, 6) is -1.41. The number of nitrogens with one attached hydrogen (secondary N) is 1. The van der Waals surface area contributed by atoms with Gasteiger partial charge in [-0.05, 0) is 30.7 Å². The molecule has 0 unspecified atom stereocenters. The fraction of sp³-hybridized carbons (Fsp3) is 0.211. The minimum Gasteiger partial charge on any atom is -0.496 e. The van der Waals surface area contributed by atoms with Crippen molar-refractivity contribution in [3.8, 4) is 5.75 Å². The summed E-state index contributed by atoms with van der Waals surface area (Å²) in [7, 11) is 1.43. The molecule has 0 bridgehead atoms. The van der Waals surface area contributed by atoms with Crippen molar-refractivity contribution in [2.75, 3.05) is 19.5 Å². The number of rotatable bonds is 7. The van der Waals surface area contributed by atoms with Crippen LogP contribution >= 0.6 is 11.8 Å². The Morgan fingerprint density at radius 1 is 1.04 bits per heavy atom. The van der Waals surface area contributed by atoms with Crippen molar-refractivity contribution in [1.29, 1.82) is 0 Å². The van der Waals surface area contributed by atoms with Gasteiger partial charge in [0.25, 0.3) is 11.8 Å². The van der Waals surface area contributed by atoms with Crippen LogP contribution < -0.4 is 10.1 Å². The number of amides is 2. The second-order valence-electron chi connectivity index (χ2n) is 5.29. The summed E-state index contributed by atoms with van der Waals surface area (Å²) in [6.07, 6.45) is 0. The van der Waals surface area contributed by atoms with Gasteiger partial charge in [-0.25, -0.2) is 0 Å². The number of esters is 1. The third-order valence-electron chi connectivity index (χ3n) is 3.41. The molecule has 0 fully saturated rings. The average Bonchev–Trinajstić information content (AvgIpc) is 2.65. The molecule has 6 nitrogen and oxygen atoms in total. The Hall–Kier alpha value is -2.80. The van der Waals surface area contributed by atoms with Gasteiger partial charge in [0.1, 0.15) is 5.75 Å². The predicted octanol–water partition coefficient (Wildman–Crippen LogP) is 2.60. The number of hydrogen-bond donors (Lipinski definition) is 1. The Bertz CT molecular complexity index is 806. The average molecular weight is 373 g/mol. The number of methoxy groups -OCH3 is 1. The van der Waals surface area contributed by atoms with Gasteiger partial charge in [0.05, 0.1) is 18.4 Å². The van der Waals surface area contributed by atoms with Crippen LogP contribution in [0.2, 0.25) is 0 Å². The highest BCUT2D eigenvalue weighted by atomic mass is 32.2. The molecule has 0 aliphatic rings. The van der Waals surface area contributed by atoms with Crippen LogP contribution in [0, 0.1) is 6.92 Å². The lowest BCUT2D eigenvalue weighted by atomic mass is 10.2. The van der Waals surface area contributed by atoms with Crippen molar-refractivity contribution < 1.29 is 23.9 Å². The largest absolute Gasteiger partial charge is 0.496 e. The van der Waals surface area contributed by atoms with Crippen molar-refractivity contribution in [3.63, 3.8) is 0 Å². The van der Waals surface area contributed by atoms with E-state index < -0.39 is 24.4 Å². The highest BCUT2D eigenvalue weighted by molar-refractivity contribution is 8.00. The van der Waals surface area contributed by atoms with Crippen LogP contribution in [0.5, 0.6) is 5.75 Å². The zero-order valence-electron chi connectivity index (χ0n) is 14.5. The van der Waals surface area contributed by atoms with E-state index in [4.69, 9.17) is 9.47 Å². The number of hydrogen-bond acceptors (Lipinski definition) is 6. The Morgan fingerprint density at radius 3 is 2.46 bits per heavy atom. The molecule has 0 spiro atoms. The zero-order chi connectivity index (χ0) is 18.9. The standard InChI is InChI=1S/C19H19NO5S/c1-13-7-3-6-10-16(13)26-12-18(22)25-11-17(21)20-19(23)14-8-4-5-9-15(14)24-2/h3-10H,11-12H2,1-2H3,(H,20,21,23). The highest BCUT2D eigenvalue weighted by Gasteiger charge is 2.16. The molecule has 0 heterocycles. The van der Waals surface area contributed by atoms with Gasteiger partial charge in [-0.2, -0.15) is 0 Å². The van der Waals surface area contributed by atoms with Crippen LogP contribution in [0.3, 0.4) is 0 Å². The number of thioether (sulfide) groups is 1. The summed E-state index contributed by atoms with van der Waals surface area (Å²) in [6.45, 7) is 1.43. The second-order valence-corrected chi connectivity index (χ2v) is 6.31. The summed E-state index contributed by atoms with van der Waals surface area (Å²) in [4.78, 5) is 36.6. The maximum absolute atomic E-state index is 12.1. The summed E-state index contributed by atoms with van der Waals surface area (Å²) in [5.41, 5.74) is 1.29. The van der Waals surface area contributed by atoms with Crippen molar-refractivity contribution >= 4 is 29.5 Å². The Morgan fingerprint density at radius 2 is 1.73 bits per heavy atom. The van der Waals surface area contributed by atoms with E-state index in [-0.39, 0.29) is 11.3 Å². The molecule has 0 atom stereocenters. The zero-order valence-corrected chi connectivity index (χ0v) is 15.3. The number of imide groups is 1. The van der Waals surface area contributed by atoms with Gasteiger partial charge in [-0.3, -0.25) is 19.7 Å². The summed E-state index contributed by atoms with van der Waals surface area (Å²) in [5, 5.41) is 2.17. The van der Waals surface area contributed by atoms with E-state index in [2.05, 4.69) is 5.32 Å². The van der Waals surface area contributed by atoms with Gasteiger partial charge in [0.2, 0.25) is 0 Å². The molecule has 0 saturated heterocycles. The molecule has 0 aromatic heterocycles. The van der Waals surface area contributed by atoms with Gasteiger partial charge < -0.3 is 9.47 Å². The summed E-state index contributed by atoms with van der Waals surface area (Å²) >= 11 is 1.33. The van der Waals surface area contributed by atoms with E-state index in [0.29, 0.717) is 5.75 Å². The number of benzene rings is 2. The molecule has 136 valence electrons. The lowest BCUT2D eigenvalue weighted by Crippen LogP contribution is -2.34. The van der Waals surface area contributed by atoms with Gasteiger partial charge in [-0.15, -0.1) is 11.8 Å². The number of ether oxygens (including phenoxy) is 2. The van der Waals surface area contributed by atoms with Gasteiger partial charge in [-0.1, -0.05) is 30.3 Å². The van der Waals surface area contributed by atoms with E-state index in [1.807, 2.05) is 31.2 Å². The Kier molecular flexibility index (Phi) is 7.23. The first kappa shape index (κ1) is 19.5.